The van der Waals surface area contributed by atoms with Crippen molar-refractivity contribution in [2.24, 2.45) is 5.16 Å². The van der Waals surface area contributed by atoms with E-state index in [2.05, 4.69) is 28.8 Å². The van der Waals surface area contributed by atoms with Crippen LogP contribution < -0.4 is 0 Å². The first-order valence-electron chi connectivity index (χ1n) is 7.87. The van der Waals surface area contributed by atoms with E-state index in [4.69, 9.17) is 28.0 Å². The molecule has 0 unspecified atom stereocenters. The van der Waals surface area contributed by atoms with E-state index < -0.39 is 5.97 Å². The number of hydrogen-bond acceptors (Lipinski definition) is 3. The number of carbonyl (C=O) groups is 1. The monoisotopic (exact) mass is 372 g/mol. The van der Waals surface area contributed by atoms with Gasteiger partial charge in [-0.15, -0.1) is 0 Å². The van der Waals surface area contributed by atoms with E-state index in [9.17, 15) is 4.79 Å². The highest BCUT2D eigenvalue weighted by atomic mass is 35.5. The molecule has 0 atom stereocenters. The maximum absolute atomic E-state index is 12.2. The molecule has 1 aliphatic rings. The molecule has 0 fully saturated rings. The Kier molecular flexibility index (Phi) is 4.02. The molecular formula is C19H14Cl2N2O2. The average molecular weight is 373 g/mol. The van der Waals surface area contributed by atoms with Crippen molar-refractivity contribution in [1.29, 1.82) is 0 Å². The molecule has 0 saturated heterocycles. The fourth-order valence-electron chi connectivity index (χ4n) is 3.31. The van der Waals surface area contributed by atoms with E-state index in [-0.39, 0.29) is 10.6 Å². The van der Waals surface area contributed by atoms with Crippen molar-refractivity contribution < 1.29 is 9.63 Å². The summed E-state index contributed by atoms with van der Waals surface area (Å²) in [5.74, 6) is -0.596. The van der Waals surface area contributed by atoms with E-state index >= 15 is 0 Å². The summed E-state index contributed by atoms with van der Waals surface area (Å²) in [5, 5.41) is 6.01. The third-order valence-corrected chi connectivity index (χ3v) is 5.01. The van der Waals surface area contributed by atoms with Gasteiger partial charge in [0.25, 0.3) is 0 Å². The molecule has 25 heavy (non-hydrogen) atoms. The number of nitrogens with zero attached hydrogens (tertiary/aromatic N) is 2. The van der Waals surface area contributed by atoms with Gasteiger partial charge in [-0.05, 0) is 36.8 Å². The van der Waals surface area contributed by atoms with E-state index in [1.807, 2.05) is 12.1 Å². The number of oxime groups is 1. The zero-order valence-corrected chi connectivity index (χ0v) is 14.9. The SMILES string of the molecule is Cc1c2n(c3ccccc13)CC/C2=N\OC(=O)c1ccc(Cl)cc1Cl. The lowest BCUT2D eigenvalue weighted by Crippen LogP contribution is -2.05. The van der Waals surface area contributed by atoms with E-state index in [1.54, 1.807) is 6.07 Å². The number of fused-ring (bicyclic) bond motifs is 3. The second kappa shape index (κ2) is 6.21. The van der Waals surface area contributed by atoms with E-state index in [1.165, 1.54) is 23.0 Å². The van der Waals surface area contributed by atoms with Crippen LogP contribution in [0.1, 0.15) is 28.0 Å². The van der Waals surface area contributed by atoms with Gasteiger partial charge in [-0.3, -0.25) is 0 Å². The van der Waals surface area contributed by atoms with Gasteiger partial charge in [0.05, 0.1) is 16.3 Å². The lowest BCUT2D eigenvalue weighted by molar-refractivity contribution is 0.0516. The Morgan fingerprint density at radius 1 is 1.20 bits per heavy atom. The van der Waals surface area contributed by atoms with Gasteiger partial charge in [0, 0.05) is 28.9 Å². The number of aryl methyl sites for hydroxylation is 2. The Morgan fingerprint density at radius 3 is 2.80 bits per heavy atom. The third kappa shape index (κ3) is 2.71. The first kappa shape index (κ1) is 16.2. The largest absolute Gasteiger partial charge is 0.367 e. The van der Waals surface area contributed by atoms with Gasteiger partial charge in [0.1, 0.15) is 5.71 Å². The minimum atomic E-state index is -0.596. The number of para-hydroxylation sites is 1. The van der Waals surface area contributed by atoms with Crippen molar-refractivity contribution in [2.75, 3.05) is 0 Å². The van der Waals surface area contributed by atoms with Crippen molar-refractivity contribution in [2.45, 2.75) is 19.9 Å². The molecule has 2 aromatic carbocycles. The highest BCUT2D eigenvalue weighted by molar-refractivity contribution is 6.36. The molecule has 126 valence electrons. The first-order valence-corrected chi connectivity index (χ1v) is 8.63. The molecule has 1 aliphatic heterocycles. The van der Waals surface area contributed by atoms with Crippen LogP contribution in [0, 0.1) is 6.92 Å². The molecule has 0 radical (unpaired) electrons. The van der Waals surface area contributed by atoms with Crippen molar-refractivity contribution in [3.05, 3.63) is 69.3 Å². The fraction of sp³-hybridized carbons (Fsp3) is 0.158. The molecule has 0 aliphatic carbocycles. The lowest BCUT2D eigenvalue weighted by Gasteiger charge is -2.03. The van der Waals surface area contributed by atoms with E-state index in [0.717, 1.165) is 29.9 Å². The van der Waals surface area contributed by atoms with Crippen LogP contribution >= 0.6 is 23.2 Å². The number of hydrogen-bond donors (Lipinski definition) is 0. The number of carbonyl (C=O) groups excluding carboxylic acids is 1. The molecule has 4 nitrogen and oxygen atoms in total. The van der Waals surface area contributed by atoms with Crippen LogP contribution in [-0.2, 0) is 11.4 Å². The standard InChI is InChI=1S/C19H14Cl2N2O2/c1-11-13-4-2-3-5-17(13)23-9-8-16(18(11)23)22-25-19(24)14-7-6-12(20)10-15(14)21/h2-7,10H,8-9H2,1H3/b22-16+. The van der Waals surface area contributed by atoms with Crippen molar-refractivity contribution in [3.8, 4) is 0 Å². The Bertz CT molecular complexity index is 1040. The van der Waals surface area contributed by atoms with Crippen LogP contribution in [0.5, 0.6) is 0 Å². The van der Waals surface area contributed by atoms with Gasteiger partial charge in [-0.25, -0.2) is 4.79 Å². The second-order valence-corrected chi connectivity index (χ2v) is 6.78. The summed E-state index contributed by atoms with van der Waals surface area (Å²) in [4.78, 5) is 17.4. The van der Waals surface area contributed by atoms with Gasteiger partial charge in [-0.1, -0.05) is 46.6 Å². The van der Waals surface area contributed by atoms with Crippen LogP contribution in [0.4, 0.5) is 0 Å². The average Bonchev–Trinajstić information content (AvgIpc) is 3.13. The topological polar surface area (TPSA) is 43.6 Å². The Labute approximate surface area is 154 Å². The van der Waals surface area contributed by atoms with Crippen LogP contribution in [-0.4, -0.2) is 16.2 Å². The molecule has 6 heteroatoms. The molecule has 0 N–H and O–H groups in total. The molecule has 1 aromatic heterocycles. The summed E-state index contributed by atoms with van der Waals surface area (Å²) in [7, 11) is 0. The Balaban J connectivity index is 1.66. The number of rotatable bonds is 2. The molecule has 0 saturated carbocycles. The summed E-state index contributed by atoms with van der Waals surface area (Å²) in [6.45, 7) is 2.88. The minimum Gasteiger partial charge on any atom is -0.339 e. The predicted molar refractivity (Wildman–Crippen MR) is 99.7 cm³/mol. The zero-order chi connectivity index (χ0) is 17.6. The third-order valence-electron chi connectivity index (χ3n) is 4.46. The maximum Gasteiger partial charge on any atom is 0.367 e. The van der Waals surface area contributed by atoms with Gasteiger partial charge in [0.15, 0.2) is 0 Å². The van der Waals surface area contributed by atoms with Gasteiger partial charge < -0.3 is 9.40 Å². The second-order valence-electron chi connectivity index (χ2n) is 5.93. The lowest BCUT2D eigenvalue weighted by atomic mass is 10.1. The number of aromatic nitrogens is 1. The molecule has 0 spiro atoms. The van der Waals surface area contributed by atoms with Crippen molar-refractivity contribution >= 4 is 45.8 Å². The van der Waals surface area contributed by atoms with Crippen molar-refractivity contribution in [3.63, 3.8) is 0 Å². The molecular weight excluding hydrogens is 359 g/mol. The van der Waals surface area contributed by atoms with Crippen LogP contribution in [0.3, 0.4) is 0 Å². The first-order chi connectivity index (χ1) is 12.1. The van der Waals surface area contributed by atoms with Gasteiger partial charge in [-0.2, -0.15) is 0 Å². The zero-order valence-electron chi connectivity index (χ0n) is 13.4. The van der Waals surface area contributed by atoms with Crippen LogP contribution in [0.25, 0.3) is 10.9 Å². The summed E-state index contributed by atoms with van der Waals surface area (Å²) >= 11 is 11.9. The van der Waals surface area contributed by atoms with E-state index in [0.29, 0.717) is 5.02 Å². The smallest absolute Gasteiger partial charge is 0.339 e. The summed E-state index contributed by atoms with van der Waals surface area (Å²) in [5.41, 5.74) is 4.36. The quantitative estimate of drug-likeness (QED) is 0.457. The molecule has 2 heterocycles. The highest BCUT2D eigenvalue weighted by Gasteiger charge is 2.25. The van der Waals surface area contributed by atoms with Crippen LogP contribution in [0.15, 0.2) is 47.6 Å². The molecule has 3 aromatic rings. The summed E-state index contributed by atoms with van der Waals surface area (Å²) in [6.07, 6.45) is 0.725. The molecule has 4 rings (SSSR count). The van der Waals surface area contributed by atoms with Gasteiger partial charge >= 0.3 is 5.97 Å². The maximum atomic E-state index is 12.2. The number of halogens is 2. The Morgan fingerprint density at radius 2 is 2.00 bits per heavy atom. The predicted octanol–water partition coefficient (Wildman–Crippen LogP) is 5.22. The highest BCUT2D eigenvalue weighted by Crippen LogP contribution is 2.31. The molecule has 0 amide bonds. The fourth-order valence-corrected chi connectivity index (χ4v) is 3.79. The van der Waals surface area contributed by atoms with Crippen molar-refractivity contribution in [1.82, 2.24) is 4.57 Å². The van der Waals surface area contributed by atoms with Gasteiger partial charge in [0.2, 0.25) is 0 Å². The summed E-state index contributed by atoms with van der Waals surface area (Å²) < 4.78 is 2.21. The number of benzene rings is 2. The minimum absolute atomic E-state index is 0.241. The summed E-state index contributed by atoms with van der Waals surface area (Å²) in [6, 6.07) is 12.8. The molecule has 0 bridgehead atoms. The normalized spacial score (nSPS) is 14.9. The van der Waals surface area contributed by atoms with Crippen LogP contribution in [0.2, 0.25) is 10.0 Å². The Hall–Kier alpha value is -2.30.